The molecule has 0 spiro atoms. The fourth-order valence-electron chi connectivity index (χ4n) is 2.46. The maximum atomic E-state index is 12.2. The summed E-state index contributed by atoms with van der Waals surface area (Å²) in [6, 6.07) is 0. The first kappa shape index (κ1) is 16.0. The second kappa shape index (κ2) is 7.50. The number of likely N-dealkylation sites (tertiary alicyclic amines) is 1. The highest BCUT2D eigenvalue weighted by Gasteiger charge is 2.24. The number of nitrogens with one attached hydrogen (secondary N) is 1. The molecule has 0 saturated carbocycles. The summed E-state index contributed by atoms with van der Waals surface area (Å²) in [6.07, 6.45) is 6.89. The molecular weight excluding hydrogens is 264 g/mol. The number of piperidine rings is 1. The van der Waals surface area contributed by atoms with E-state index in [0.717, 1.165) is 38.4 Å². The van der Waals surface area contributed by atoms with E-state index in [-0.39, 0.29) is 18.3 Å². The van der Waals surface area contributed by atoms with Crippen LogP contribution in [0.2, 0.25) is 0 Å². The van der Waals surface area contributed by atoms with E-state index < -0.39 is 0 Å². The van der Waals surface area contributed by atoms with Gasteiger partial charge < -0.3 is 14.8 Å². The van der Waals surface area contributed by atoms with E-state index in [2.05, 4.69) is 10.3 Å². The van der Waals surface area contributed by atoms with Crippen LogP contribution in [0.3, 0.4) is 0 Å². The van der Waals surface area contributed by atoms with Crippen LogP contribution in [0.4, 0.5) is 0 Å². The van der Waals surface area contributed by atoms with Gasteiger partial charge in [-0.05, 0) is 38.8 Å². The number of nitrogens with zero attached hydrogens (tertiary/aromatic N) is 3. The van der Waals surface area contributed by atoms with Crippen LogP contribution >= 0.6 is 12.4 Å². The normalized spacial score (nSPS) is 16.2. The first-order valence-corrected chi connectivity index (χ1v) is 6.62. The lowest BCUT2D eigenvalue weighted by atomic mass is 9.93. The molecule has 1 amide bonds. The Bertz CT molecular complexity index is 399. The zero-order chi connectivity index (χ0) is 13.0. The first-order valence-electron chi connectivity index (χ1n) is 6.62. The number of carbonyl (C=O) groups excluding carboxylic acids is 1. The van der Waals surface area contributed by atoms with Gasteiger partial charge >= 0.3 is 0 Å². The maximum Gasteiger partial charge on any atom is 0.274 e. The lowest BCUT2D eigenvalue weighted by Crippen LogP contribution is -2.39. The van der Waals surface area contributed by atoms with Crippen molar-refractivity contribution in [2.75, 3.05) is 26.7 Å². The Kier molecular flexibility index (Phi) is 6.31. The zero-order valence-electron chi connectivity index (χ0n) is 11.6. The maximum absolute atomic E-state index is 12.2. The molecule has 0 radical (unpaired) electrons. The standard InChI is InChI=1S/C13H22N4O.ClH/c1-14-6-3-11-4-7-17(8-5-11)13(18)12-9-16(2)10-15-12;/h9-11,14H,3-8H2,1-2H3;1H. The smallest absolute Gasteiger partial charge is 0.274 e. The highest BCUT2D eigenvalue weighted by molar-refractivity contribution is 5.92. The second-order valence-electron chi connectivity index (χ2n) is 5.05. The number of aryl methyl sites for hydroxylation is 1. The van der Waals surface area contributed by atoms with E-state index in [1.165, 1.54) is 6.42 Å². The van der Waals surface area contributed by atoms with Crippen LogP contribution in [0.5, 0.6) is 0 Å². The van der Waals surface area contributed by atoms with Gasteiger partial charge in [-0.25, -0.2) is 4.98 Å². The van der Waals surface area contributed by atoms with Gasteiger partial charge in [0, 0.05) is 26.3 Å². The van der Waals surface area contributed by atoms with Crippen LogP contribution in [0.15, 0.2) is 12.5 Å². The molecule has 1 fully saturated rings. The molecule has 0 bridgehead atoms. The monoisotopic (exact) mass is 286 g/mol. The minimum Gasteiger partial charge on any atom is -0.340 e. The molecule has 108 valence electrons. The lowest BCUT2D eigenvalue weighted by molar-refractivity contribution is 0.0681. The minimum atomic E-state index is 0. The summed E-state index contributed by atoms with van der Waals surface area (Å²) in [4.78, 5) is 18.2. The minimum absolute atomic E-state index is 0. The van der Waals surface area contributed by atoms with E-state index in [1.807, 2.05) is 23.6 Å². The zero-order valence-corrected chi connectivity index (χ0v) is 12.4. The summed E-state index contributed by atoms with van der Waals surface area (Å²) in [5.41, 5.74) is 0.561. The average molecular weight is 287 g/mol. The Hall–Kier alpha value is -1.07. The third-order valence-corrected chi connectivity index (χ3v) is 3.63. The Morgan fingerprint density at radius 1 is 1.47 bits per heavy atom. The third-order valence-electron chi connectivity index (χ3n) is 3.63. The van der Waals surface area contributed by atoms with E-state index in [9.17, 15) is 4.79 Å². The van der Waals surface area contributed by atoms with Gasteiger partial charge in [0.05, 0.1) is 6.33 Å². The van der Waals surface area contributed by atoms with Crippen LogP contribution in [-0.2, 0) is 7.05 Å². The van der Waals surface area contributed by atoms with Gasteiger partial charge in [0.1, 0.15) is 5.69 Å². The van der Waals surface area contributed by atoms with Crippen LogP contribution in [-0.4, -0.2) is 47.0 Å². The van der Waals surface area contributed by atoms with Crippen molar-refractivity contribution >= 4 is 18.3 Å². The molecule has 1 aromatic heterocycles. The molecule has 2 rings (SSSR count). The van der Waals surface area contributed by atoms with Gasteiger partial charge in [0.25, 0.3) is 5.91 Å². The molecule has 2 heterocycles. The fraction of sp³-hybridized carbons (Fsp3) is 0.692. The molecule has 1 aliphatic rings. The van der Waals surface area contributed by atoms with Gasteiger partial charge in [-0.15, -0.1) is 12.4 Å². The van der Waals surface area contributed by atoms with Crippen molar-refractivity contribution in [3.63, 3.8) is 0 Å². The summed E-state index contributed by atoms with van der Waals surface area (Å²) >= 11 is 0. The van der Waals surface area contributed by atoms with Crippen molar-refractivity contribution in [1.29, 1.82) is 0 Å². The van der Waals surface area contributed by atoms with E-state index in [4.69, 9.17) is 0 Å². The highest BCUT2D eigenvalue weighted by atomic mass is 35.5. The summed E-state index contributed by atoms with van der Waals surface area (Å²) in [5, 5.41) is 3.18. The van der Waals surface area contributed by atoms with Crippen LogP contribution in [0, 0.1) is 5.92 Å². The van der Waals surface area contributed by atoms with Gasteiger partial charge in [0.2, 0.25) is 0 Å². The van der Waals surface area contributed by atoms with Crippen LogP contribution in [0.1, 0.15) is 29.8 Å². The van der Waals surface area contributed by atoms with Gasteiger partial charge in [-0.3, -0.25) is 4.79 Å². The molecule has 1 aromatic rings. The van der Waals surface area contributed by atoms with Crippen molar-refractivity contribution in [2.24, 2.45) is 13.0 Å². The lowest BCUT2D eigenvalue weighted by Gasteiger charge is -2.31. The van der Waals surface area contributed by atoms with Crippen molar-refractivity contribution in [1.82, 2.24) is 19.8 Å². The number of amides is 1. The first-order chi connectivity index (χ1) is 8.70. The van der Waals surface area contributed by atoms with E-state index >= 15 is 0 Å². The van der Waals surface area contributed by atoms with E-state index in [1.54, 1.807) is 12.5 Å². The summed E-state index contributed by atoms with van der Waals surface area (Å²) in [7, 11) is 3.87. The Labute approximate surface area is 120 Å². The Morgan fingerprint density at radius 2 is 2.16 bits per heavy atom. The molecule has 0 aromatic carbocycles. The number of hydrogen-bond acceptors (Lipinski definition) is 3. The topological polar surface area (TPSA) is 50.2 Å². The summed E-state index contributed by atoms with van der Waals surface area (Å²) in [5.74, 6) is 0.827. The molecule has 0 aliphatic carbocycles. The van der Waals surface area contributed by atoms with E-state index in [0.29, 0.717) is 5.69 Å². The number of carbonyl (C=O) groups is 1. The number of imidazole rings is 1. The Morgan fingerprint density at radius 3 is 2.68 bits per heavy atom. The molecule has 0 unspecified atom stereocenters. The van der Waals surface area contributed by atoms with Crippen LogP contribution < -0.4 is 5.32 Å². The quantitative estimate of drug-likeness (QED) is 0.908. The molecule has 1 aliphatic heterocycles. The van der Waals surface area contributed by atoms with Crippen LogP contribution in [0.25, 0.3) is 0 Å². The van der Waals surface area contributed by atoms with Crippen molar-refractivity contribution in [3.05, 3.63) is 18.2 Å². The molecule has 1 N–H and O–H groups in total. The molecule has 19 heavy (non-hydrogen) atoms. The number of rotatable bonds is 4. The second-order valence-corrected chi connectivity index (χ2v) is 5.05. The number of aromatic nitrogens is 2. The highest BCUT2D eigenvalue weighted by Crippen LogP contribution is 2.21. The van der Waals surface area contributed by atoms with Crippen molar-refractivity contribution in [3.8, 4) is 0 Å². The SMILES string of the molecule is CNCCC1CCN(C(=O)c2cn(C)cn2)CC1.Cl. The average Bonchev–Trinajstić information content (AvgIpc) is 2.83. The largest absolute Gasteiger partial charge is 0.340 e. The molecule has 1 saturated heterocycles. The number of hydrogen-bond donors (Lipinski definition) is 1. The molecular formula is C13H23ClN4O. The molecule has 0 atom stereocenters. The molecule has 5 nitrogen and oxygen atoms in total. The fourth-order valence-corrected chi connectivity index (χ4v) is 2.46. The summed E-state index contributed by atoms with van der Waals surface area (Å²) in [6.45, 7) is 2.80. The van der Waals surface area contributed by atoms with Gasteiger partial charge in [-0.2, -0.15) is 0 Å². The summed E-state index contributed by atoms with van der Waals surface area (Å²) < 4.78 is 1.81. The number of halogens is 1. The van der Waals surface area contributed by atoms with Crippen molar-refractivity contribution < 1.29 is 4.79 Å². The predicted molar refractivity (Wildman–Crippen MR) is 77.6 cm³/mol. The van der Waals surface area contributed by atoms with Gasteiger partial charge in [0.15, 0.2) is 0 Å². The molecule has 6 heteroatoms. The van der Waals surface area contributed by atoms with Gasteiger partial charge in [-0.1, -0.05) is 0 Å². The van der Waals surface area contributed by atoms with Crippen molar-refractivity contribution in [2.45, 2.75) is 19.3 Å². The Balaban J connectivity index is 0.00000180. The predicted octanol–water partition coefficient (Wildman–Crippen LogP) is 1.30. The third kappa shape index (κ3) is 4.21.